The number of hydrogen-bond donors (Lipinski definition) is 0. The summed E-state index contributed by atoms with van der Waals surface area (Å²) in [6.45, 7) is 6.29. The number of nitriles is 1. The standard InChI is InChI=1S/C9H11N3S/c1-9(2,3)13-8-4-7(5-10)6-11-12-8/h4,6H,1-3H3. The van der Waals surface area contributed by atoms with Crippen molar-refractivity contribution in [2.45, 2.75) is 30.5 Å². The lowest BCUT2D eigenvalue weighted by Crippen LogP contribution is -2.07. The van der Waals surface area contributed by atoms with Crippen LogP contribution in [0.4, 0.5) is 0 Å². The van der Waals surface area contributed by atoms with Gasteiger partial charge in [0.25, 0.3) is 0 Å². The summed E-state index contributed by atoms with van der Waals surface area (Å²) < 4.78 is 0.1000. The van der Waals surface area contributed by atoms with Gasteiger partial charge < -0.3 is 0 Å². The van der Waals surface area contributed by atoms with E-state index in [1.54, 1.807) is 17.8 Å². The maximum atomic E-state index is 8.63. The fourth-order valence-corrected chi connectivity index (χ4v) is 1.67. The molecule has 0 atom stereocenters. The fraction of sp³-hybridized carbons (Fsp3) is 0.444. The van der Waals surface area contributed by atoms with E-state index in [1.165, 1.54) is 6.20 Å². The molecule has 0 aliphatic rings. The number of aromatic nitrogens is 2. The van der Waals surface area contributed by atoms with Crippen LogP contribution < -0.4 is 0 Å². The highest BCUT2D eigenvalue weighted by atomic mass is 32.2. The molecule has 0 saturated heterocycles. The van der Waals surface area contributed by atoms with Gasteiger partial charge in [0, 0.05) is 4.75 Å². The van der Waals surface area contributed by atoms with Crippen molar-refractivity contribution >= 4 is 11.8 Å². The van der Waals surface area contributed by atoms with Crippen molar-refractivity contribution in [2.24, 2.45) is 0 Å². The SMILES string of the molecule is CC(C)(C)Sc1cc(C#N)cnn1. The Balaban J connectivity index is 2.86. The Morgan fingerprint density at radius 1 is 1.46 bits per heavy atom. The average Bonchev–Trinajstić information content (AvgIpc) is 2.01. The van der Waals surface area contributed by atoms with Gasteiger partial charge in [-0.05, 0) is 6.07 Å². The van der Waals surface area contributed by atoms with Crippen LogP contribution in [-0.2, 0) is 0 Å². The highest BCUT2D eigenvalue weighted by Crippen LogP contribution is 2.29. The summed E-state index contributed by atoms with van der Waals surface area (Å²) in [5.74, 6) is 0. The van der Waals surface area contributed by atoms with Crippen molar-refractivity contribution in [3.63, 3.8) is 0 Å². The average molecular weight is 193 g/mol. The molecule has 0 aliphatic carbocycles. The molecule has 0 saturated carbocycles. The number of rotatable bonds is 1. The van der Waals surface area contributed by atoms with Crippen LogP contribution in [0.3, 0.4) is 0 Å². The molecule has 0 unspecified atom stereocenters. The maximum absolute atomic E-state index is 8.63. The Morgan fingerprint density at radius 2 is 2.15 bits per heavy atom. The van der Waals surface area contributed by atoms with E-state index in [2.05, 4.69) is 31.0 Å². The second-order valence-electron chi connectivity index (χ2n) is 3.61. The number of hydrogen-bond acceptors (Lipinski definition) is 4. The summed E-state index contributed by atoms with van der Waals surface area (Å²) in [5.41, 5.74) is 0.557. The highest BCUT2D eigenvalue weighted by molar-refractivity contribution is 8.00. The van der Waals surface area contributed by atoms with Gasteiger partial charge in [-0.15, -0.1) is 5.10 Å². The molecule has 13 heavy (non-hydrogen) atoms. The van der Waals surface area contributed by atoms with Gasteiger partial charge in [-0.3, -0.25) is 0 Å². The molecule has 0 N–H and O–H groups in total. The molecule has 4 heteroatoms. The third-order valence-electron chi connectivity index (χ3n) is 1.17. The normalized spacial score (nSPS) is 10.9. The Labute approximate surface area is 82.2 Å². The molecule has 1 heterocycles. The molecular formula is C9H11N3S. The van der Waals surface area contributed by atoms with E-state index < -0.39 is 0 Å². The first-order chi connectivity index (χ1) is 6.01. The molecule has 1 aromatic heterocycles. The molecule has 68 valence electrons. The Morgan fingerprint density at radius 3 is 2.69 bits per heavy atom. The zero-order chi connectivity index (χ0) is 9.90. The quantitative estimate of drug-likeness (QED) is 0.642. The van der Waals surface area contributed by atoms with Crippen molar-refractivity contribution in [1.29, 1.82) is 5.26 Å². The molecule has 0 fully saturated rings. The van der Waals surface area contributed by atoms with Gasteiger partial charge in [0.2, 0.25) is 0 Å². The molecule has 0 aliphatic heterocycles. The van der Waals surface area contributed by atoms with E-state index in [0.29, 0.717) is 5.56 Å². The minimum Gasteiger partial charge on any atom is -0.192 e. The molecule has 0 spiro atoms. The molecule has 0 amide bonds. The number of nitrogens with zero attached hydrogens (tertiary/aromatic N) is 3. The Hall–Kier alpha value is -1.08. The van der Waals surface area contributed by atoms with Gasteiger partial charge in [0.1, 0.15) is 11.1 Å². The van der Waals surface area contributed by atoms with Crippen LogP contribution in [0.5, 0.6) is 0 Å². The third kappa shape index (κ3) is 3.43. The Bertz CT molecular complexity index is 335. The monoisotopic (exact) mass is 193 g/mol. The first-order valence-corrected chi connectivity index (χ1v) is 4.75. The van der Waals surface area contributed by atoms with E-state index in [4.69, 9.17) is 5.26 Å². The van der Waals surface area contributed by atoms with Crippen molar-refractivity contribution in [3.05, 3.63) is 17.8 Å². The predicted molar refractivity (Wildman–Crippen MR) is 52.4 cm³/mol. The molecule has 1 aromatic rings. The van der Waals surface area contributed by atoms with Crippen LogP contribution in [0.1, 0.15) is 26.3 Å². The van der Waals surface area contributed by atoms with E-state index >= 15 is 0 Å². The summed E-state index contributed by atoms with van der Waals surface area (Å²) in [5, 5.41) is 17.1. The van der Waals surface area contributed by atoms with Crippen molar-refractivity contribution in [1.82, 2.24) is 10.2 Å². The van der Waals surface area contributed by atoms with Crippen LogP contribution in [0.2, 0.25) is 0 Å². The number of thioether (sulfide) groups is 1. The second-order valence-corrected chi connectivity index (χ2v) is 5.46. The summed E-state index contributed by atoms with van der Waals surface area (Å²) in [4.78, 5) is 0. The van der Waals surface area contributed by atoms with Crippen LogP contribution in [0, 0.1) is 11.3 Å². The molecule has 1 rings (SSSR count). The summed E-state index contributed by atoms with van der Waals surface area (Å²) >= 11 is 1.61. The van der Waals surface area contributed by atoms with Gasteiger partial charge in [-0.2, -0.15) is 10.4 Å². The lowest BCUT2D eigenvalue weighted by Gasteiger charge is -2.15. The van der Waals surface area contributed by atoms with Crippen LogP contribution >= 0.6 is 11.8 Å². The zero-order valence-electron chi connectivity index (χ0n) is 7.90. The van der Waals surface area contributed by atoms with Crippen LogP contribution in [0.15, 0.2) is 17.3 Å². The van der Waals surface area contributed by atoms with Gasteiger partial charge in [0.05, 0.1) is 11.8 Å². The zero-order valence-corrected chi connectivity index (χ0v) is 8.72. The first kappa shape index (κ1) is 10.0. The van der Waals surface area contributed by atoms with Gasteiger partial charge in [-0.1, -0.05) is 32.5 Å². The summed E-state index contributed by atoms with van der Waals surface area (Å²) in [7, 11) is 0. The topological polar surface area (TPSA) is 49.6 Å². The molecule has 3 nitrogen and oxygen atoms in total. The van der Waals surface area contributed by atoms with Crippen LogP contribution in [-0.4, -0.2) is 14.9 Å². The van der Waals surface area contributed by atoms with Gasteiger partial charge in [0.15, 0.2) is 0 Å². The first-order valence-electron chi connectivity index (χ1n) is 3.93. The minimum atomic E-state index is 0.1000. The van der Waals surface area contributed by atoms with Crippen LogP contribution in [0.25, 0.3) is 0 Å². The van der Waals surface area contributed by atoms with E-state index in [0.717, 1.165) is 5.03 Å². The third-order valence-corrected chi connectivity index (χ3v) is 2.19. The Kier molecular flexibility index (Phi) is 2.89. The predicted octanol–water partition coefficient (Wildman–Crippen LogP) is 2.24. The largest absolute Gasteiger partial charge is 0.192 e. The smallest absolute Gasteiger partial charge is 0.121 e. The van der Waals surface area contributed by atoms with Crippen molar-refractivity contribution in [2.75, 3.05) is 0 Å². The summed E-state index contributed by atoms with van der Waals surface area (Å²) in [6, 6.07) is 3.79. The van der Waals surface area contributed by atoms with E-state index in [-0.39, 0.29) is 4.75 Å². The lowest BCUT2D eigenvalue weighted by atomic mass is 10.3. The molecular weight excluding hydrogens is 182 g/mol. The van der Waals surface area contributed by atoms with E-state index in [1.807, 2.05) is 6.07 Å². The highest BCUT2D eigenvalue weighted by Gasteiger charge is 2.13. The molecule has 0 bridgehead atoms. The van der Waals surface area contributed by atoms with Gasteiger partial charge >= 0.3 is 0 Å². The van der Waals surface area contributed by atoms with Crippen molar-refractivity contribution in [3.8, 4) is 6.07 Å². The minimum absolute atomic E-state index is 0.1000. The van der Waals surface area contributed by atoms with Gasteiger partial charge in [-0.25, -0.2) is 0 Å². The molecule has 0 aromatic carbocycles. The maximum Gasteiger partial charge on any atom is 0.121 e. The van der Waals surface area contributed by atoms with E-state index in [9.17, 15) is 0 Å². The lowest BCUT2D eigenvalue weighted by molar-refractivity contribution is 0.793. The molecule has 0 radical (unpaired) electrons. The fourth-order valence-electron chi connectivity index (χ4n) is 0.772. The second kappa shape index (κ2) is 3.75. The summed E-state index contributed by atoms with van der Waals surface area (Å²) in [6.07, 6.45) is 1.46. The van der Waals surface area contributed by atoms with Crippen molar-refractivity contribution < 1.29 is 0 Å².